The molecule has 0 aliphatic rings. The molecule has 0 bridgehead atoms. The fourth-order valence-electron chi connectivity index (χ4n) is 4.73. The van der Waals surface area contributed by atoms with Gasteiger partial charge in [0.2, 0.25) is 17.6 Å². The summed E-state index contributed by atoms with van der Waals surface area (Å²) < 4.78 is 10.5. The van der Waals surface area contributed by atoms with Crippen LogP contribution in [-0.2, 0) is 20.8 Å². The molecule has 7 N–H and O–H groups in total. The van der Waals surface area contributed by atoms with E-state index in [0.29, 0.717) is 30.5 Å². The average molecular weight is 636 g/mol. The van der Waals surface area contributed by atoms with Crippen molar-refractivity contribution in [2.24, 2.45) is 0 Å². The van der Waals surface area contributed by atoms with Crippen LogP contribution in [0.25, 0.3) is 11.6 Å². The summed E-state index contributed by atoms with van der Waals surface area (Å²) in [5.74, 6) is -1.69. The smallest absolute Gasteiger partial charge is 0.251 e. The Labute approximate surface area is 267 Å². The zero-order chi connectivity index (χ0) is 33.8. The molecule has 0 saturated carbocycles. The highest BCUT2D eigenvalue weighted by molar-refractivity contribution is 6.24. The number of phenols is 4. The van der Waals surface area contributed by atoms with E-state index in [-0.39, 0.29) is 71.4 Å². The van der Waals surface area contributed by atoms with Crippen LogP contribution < -0.4 is 25.4 Å². The van der Waals surface area contributed by atoms with Gasteiger partial charge < -0.3 is 45.9 Å². The molecule has 12 heteroatoms. The SMILES string of the molecule is COc1cc(/C=C(/C(=O)NCCCCNC(C)=O)c2cc(O)c(O)cc2CCC(=O)NC(C)c2ccc(O)cc2)cc(OC)c1O. The minimum Gasteiger partial charge on any atom is -0.508 e. The van der Waals surface area contributed by atoms with E-state index in [9.17, 15) is 34.8 Å². The van der Waals surface area contributed by atoms with Crippen molar-refractivity contribution in [3.63, 3.8) is 0 Å². The van der Waals surface area contributed by atoms with Gasteiger partial charge in [-0.1, -0.05) is 12.1 Å². The number of rotatable bonds is 15. The van der Waals surface area contributed by atoms with Gasteiger partial charge in [0.05, 0.1) is 20.3 Å². The molecule has 46 heavy (non-hydrogen) atoms. The second kappa shape index (κ2) is 16.6. The Hall–Kier alpha value is -5.39. The van der Waals surface area contributed by atoms with Crippen LogP contribution in [0.1, 0.15) is 61.4 Å². The van der Waals surface area contributed by atoms with Crippen molar-refractivity contribution >= 4 is 29.4 Å². The molecular weight excluding hydrogens is 594 g/mol. The van der Waals surface area contributed by atoms with E-state index in [1.54, 1.807) is 12.1 Å². The van der Waals surface area contributed by atoms with Crippen LogP contribution in [0, 0.1) is 0 Å². The van der Waals surface area contributed by atoms with Gasteiger partial charge in [-0.05, 0) is 90.9 Å². The molecule has 3 amide bonds. The monoisotopic (exact) mass is 635 g/mol. The second-order valence-electron chi connectivity index (χ2n) is 10.7. The number of nitrogens with one attached hydrogen (secondary N) is 3. The normalized spacial score (nSPS) is 11.8. The van der Waals surface area contributed by atoms with Crippen molar-refractivity contribution in [1.82, 2.24) is 16.0 Å². The van der Waals surface area contributed by atoms with Gasteiger partial charge in [-0.3, -0.25) is 14.4 Å². The summed E-state index contributed by atoms with van der Waals surface area (Å²) in [7, 11) is 2.75. The summed E-state index contributed by atoms with van der Waals surface area (Å²) in [5.41, 5.74) is 2.04. The highest BCUT2D eigenvalue weighted by atomic mass is 16.5. The lowest BCUT2D eigenvalue weighted by Gasteiger charge is -2.17. The molecule has 3 aromatic carbocycles. The fourth-order valence-corrected chi connectivity index (χ4v) is 4.73. The van der Waals surface area contributed by atoms with E-state index in [1.807, 2.05) is 6.92 Å². The molecule has 0 aliphatic carbocycles. The lowest BCUT2D eigenvalue weighted by Crippen LogP contribution is -2.28. The third kappa shape index (κ3) is 9.81. The number of amides is 3. The van der Waals surface area contributed by atoms with Crippen LogP contribution in [0.4, 0.5) is 0 Å². The Bertz CT molecular complexity index is 1540. The van der Waals surface area contributed by atoms with Crippen LogP contribution in [0.2, 0.25) is 0 Å². The van der Waals surface area contributed by atoms with Gasteiger partial charge in [0.25, 0.3) is 5.91 Å². The maximum Gasteiger partial charge on any atom is 0.251 e. The van der Waals surface area contributed by atoms with Crippen molar-refractivity contribution in [2.45, 2.75) is 45.6 Å². The summed E-state index contributed by atoms with van der Waals surface area (Å²) >= 11 is 0. The summed E-state index contributed by atoms with van der Waals surface area (Å²) in [6.07, 6.45) is 2.85. The molecule has 0 saturated heterocycles. The summed E-state index contributed by atoms with van der Waals surface area (Å²) in [6.45, 7) is 3.99. The standard InChI is InChI=1S/C34H41N3O9/c1-20(23-7-10-25(39)11-8-23)37-32(42)12-9-24-18-28(40)29(41)19-26(24)27(34(44)36-14-6-5-13-35-21(2)38)15-22-16-30(45-3)33(43)31(17-22)46-4/h7-8,10-11,15-20,39-41,43H,5-6,9,12-14H2,1-4H3,(H,35,38)(H,36,44)(H,37,42)/b27-15+. The predicted molar refractivity (Wildman–Crippen MR) is 173 cm³/mol. The van der Waals surface area contributed by atoms with Crippen molar-refractivity contribution < 1.29 is 44.3 Å². The zero-order valence-corrected chi connectivity index (χ0v) is 26.3. The number of phenolic OH excluding ortho intramolecular Hbond substituents is 4. The van der Waals surface area contributed by atoms with E-state index in [4.69, 9.17) is 9.47 Å². The molecular formula is C34H41N3O9. The molecule has 1 unspecified atom stereocenters. The van der Waals surface area contributed by atoms with Crippen LogP contribution in [-0.4, -0.2) is 65.5 Å². The largest absolute Gasteiger partial charge is 0.508 e. The Morgan fingerprint density at radius 1 is 0.848 bits per heavy atom. The third-order valence-electron chi connectivity index (χ3n) is 7.20. The number of aryl methyl sites for hydroxylation is 1. The van der Waals surface area contributed by atoms with Crippen LogP contribution in [0.3, 0.4) is 0 Å². The fraction of sp³-hybridized carbons (Fsp3) is 0.324. The van der Waals surface area contributed by atoms with Gasteiger partial charge >= 0.3 is 0 Å². The van der Waals surface area contributed by atoms with Crippen molar-refractivity contribution in [2.75, 3.05) is 27.3 Å². The Balaban J connectivity index is 1.94. The van der Waals surface area contributed by atoms with E-state index < -0.39 is 17.4 Å². The minimum absolute atomic E-state index is 0.00145. The van der Waals surface area contributed by atoms with Crippen LogP contribution in [0.15, 0.2) is 48.5 Å². The molecule has 0 spiro atoms. The molecule has 3 rings (SSSR count). The van der Waals surface area contributed by atoms with E-state index >= 15 is 0 Å². The number of hydrogen-bond acceptors (Lipinski definition) is 9. The number of benzene rings is 3. The number of ether oxygens (including phenoxy) is 2. The maximum absolute atomic E-state index is 13.7. The Morgan fingerprint density at radius 2 is 1.43 bits per heavy atom. The molecule has 0 aromatic heterocycles. The van der Waals surface area contributed by atoms with Crippen LogP contribution >= 0.6 is 0 Å². The van der Waals surface area contributed by atoms with Crippen molar-refractivity contribution in [3.05, 3.63) is 70.8 Å². The number of carbonyl (C=O) groups excluding carboxylic acids is 3. The summed E-state index contributed by atoms with van der Waals surface area (Å²) in [4.78, 5) is 37.7. The summed E-state index contributed by atoms with van der Waals surface area (Å²) in [5, 5.41) is 49.2. The Kier molecular flexibility index (Phi) is 12.7. The molecule has 0 aliphatic heterocycles. The third-order valence-corrected chi connectivity index (χ3v) is 7.20. The van der Waals surface area contributed by atoms with Gasteiger partial charge in [0, 0.05) is 32.0 Å². The van der Waals surface area contributed by atoms with E-state index in [0.717, 1.165) is 5.56 Å². The maximum atomic E-state index is 13.7. The van der Waals surface area contributed by atoms with Crippen molar-refractivity contribution in [1.29, 1.82) is 0 Å². The highest BCUT2D eigenvalue weighted by Crippen LogP contribution is 2.39. The van der Waals surface area contributed by atoms with E-state index in [1.165, 1.54) is 63.6 Å². The molecule has 0 fully saturated rings. The molecule has 0 radical (unpaired) electrons. The average Bonchev–Trinajstić information content (AvgIpc) is 3.02. The quantitative estimate of drug-likeness (QED) is 0.0563. The first-order valence-corrected chi connectivity index (χ1v) is 14.8. The first kappa shape index (κ1) is 35.1. The van der Waals surface area contributed by atoms with Gasteiger partial charge in [0.1, 0.15) is 5.75 Å². The molecule has 12 nitrogen and oxygen atoms in total. The lowest BCUT2D eigenvalue weighted by molar-refractivity contribution is -0.122. The number of methoxy groups -OCH3 is 2. The number of hydrogen-bond donors (Lipinski definition) is 7. The summed E-state index contributed by atoms with van der Waals surface area (Å²) in [6, 6.07) is 11.7. The number of aromatic hydroxyl groups is 4. The number of carbonyl (C=O) groups is 3. The topological polar surface area (TPSA) is 187 Å². The van der Waals surface area contributed by atoms with Crippen LogP contribution in [0.5, 0.6) is 34.5 Å². The van der Waals surface area contributed by atoms with Gasteiger partial charge in [-0.15, -0.1) is 0 Å². The number of unbranched alkanes of at least 4 members (excludes halogenated alkanes) is 1. The molecule has 0 heterocycles. The predicted octanol–water partition coefficient (Wildman–Crippen LogP) is 3.91. The molecule has 3 aromatic rings. The lowest BCUT2D eigenvalue weighted by atomic mass is 9.93. The second-order valence-corrected chi connectivity index (χ2v) is 10.7. The van der Waals surface area contributed by atoms with Gasteiger partial charge in [-0.2, -0.15) is 0 Å². The van der Waals surface area contributed by atoms with E-state index in [2.05, 4.69) is 16.0 Å². The molecule has 246 valence electrons. The first-order chi connectivity index (χ1) is 21.9. The highest BCUT2D eigenvalue weighted by Gasteiger charge is 2.21. The molecule has 1 atom stereocenters. The van der Waals surface area contributed by atoms with Gasteiger partial charge in [-0.25, -0.2) is 0 Å². The van der Waals surface area contributed by atoms with Gasteiger partial charge in [0.15, 0.2) is 23.0 Å². The Morgan fingerprint density at radius 3 is 2.02 bits per heavy atom. The van der Waals surface area contributed by atoms with Crippen molar-refractivity contribution in [3.8, 4) is 34.5 Å². The zero-order valence-electron chi connectivity index (χ0n) is 26.3. The minimum atomic E-state index is -0.498. The first-order valence-electron chi connectivity index (χ1n) is 14.8.